The van der Waals surface area contributed by atoms with Crippen LogP contribution in [0.4, 0.5) is 0 Å². The Hall–Kier alpha value is -2.23. The molecule has 0 aromatic carbocycles. The van der Waals surface area contributed by atoms with Crippen molar-refractivity contribution in [3.05, 3.63) is 42.9 Å². The van der Waals surface area contributed by atoms with Crippen LogP contribution in [0.25, 0.3) is 22.3 Å². The lowest BCUT2D eigenvalue weighted by Crippen LogP contribution is -1.87. The van der Waals surface area contributed by atoms with Gasteiger partial charge in [0.15, 0.2) is 0 Å². The predicted octanol–water partition coefficient (Wildman–Crippen LogP) is 2.02. The third-order valence-electron chi connectivity index (χ3n) is 2.27. The monoisotopic (exact) mass is 196 g/mol. The zero-order valence-electron chi connectivity index (χ0n) is 7.88. The van der Waals surface area contributed by atoms with Gasteiger partial charge in [0.2, 0.25) is 0 Å². The number of rotatable bonds is 1. The van der Waals surface area contributed by atoms with E-state index in [9.17, 15) is 0 Å². The second-order valence-electron chi connectivity index (χ2n) is 3.21. The molecule has 0 bridgehead atoms. The highest BCUT2D eigenvalue weighted by Gasteiger charge is 2.06. The van der Waals surface area contributed by atoms with Crippen molar-refractivity contribution in [2.45, 2.75) is 0 Å². The molecule has 4 nitrogen and oxygen atoms in total. The Morgan fingerprint density at radius 1 is 1.00 bits per heavy atom. The van der Waals surface area contributed by atoms with Gasteiger partial charge in [0.1, 0.15) is 5.69 Å². The highest BCUT2D eigenvalue weighted by molar-refractivity contribution is 5.89. The van der Waals surface area contributed by atoms with Gasteiger partial charge in [-0.2, -0.15) is 5.10 Å². The number of nitrogens with one attached hydrogen (secondary N) is 1. The van der Waals surface area contributed by atoms with Crippen LogP contribution in [0.5, 0.6) is 0 Å². The molecule has 3 rings (SSSR count). The summed E-state index contributed by atoms with van der Waals surface area (Å²) in [5, 5.41) is 7.98. The summed E-state index contributed by atoms with van der Waals surface area (Å²) in [6.07, 6.45) is 5.30. The number of H-pyrrole nitrogens is 1. The first kappa shape index (κ1) is 8.11. The molecular weight excluding hydrogens is 188 g/mol. The van der Waals surface area contributed by atoms with Gasteiger partial charge < -0.3 is 0 Å². The molecular formula is C11H8N4. The van der Waals surface area contributed by atoms with Gasteiger partial charge in [-0.1, -0.05) is 6.07 Å². The summed E-state index contributed by atoms with van der Waals surface area (Å²) >= 11 is 0. The zero-order valence-corrected chi connectivity index (χ0v) is 7.88. The van der Waals surface area contributed by atoms with Crippen molar-refractivity contribution in [3.8, 4) is 11.4 Å². The van der Waals surface area contributed by atoms with Gasteiger partial charge in [0.25, 0.3) is 0 Å². The normalized spacial score (nSPS) is 10.7. The Bertz CT molecular complexity index is 586. The van der Waals surface area contributed by atoms with E-state index in [0.29, 0.717) is 0 Å². The summed E-state index contributed by atoms with van der Waals surface area (Å²) in [5.41, 5.74) is 2.62. The van der Waals surface area contributed by atoms with E-state index >= 15 is 0 Å². The first-order valence-corrected chi connectivity index (χ1v) is 4.64. The maximum Gasteiger partial charge on any atom is 0.114 e. The Kier molecular flexibility index (Phi) is 1.71. The number of aromatic amines is 1. The molecule has 0 aliphatic heterocycles. The summed E-state index contributed by atoms with van der Waals surface area (Å²) in [6.45, 7) is 0. The Balaban J connectivity index is 2.31. The van der Waals surface area contributed by atoms with E-state index in [4.69, 9.17) is 0 Å². The second-order valence-corrected chi connectivity index (χ2v) is 3.21. The smallest absolute Gasteiger partial charge is 0.114 e. The molecule has 0 unspecified atom stereocenters. The Morgan fingerprint density at radius 2 is 2.00 bits per heavy atom. The third kappa shape index (κ3) is 1.27. The van der Waals surface area contributed by atoms with Crippen molar-refractivity contribution in [1.82, 2.24) is 20.2 Å². The van der Waals surface area contributed by atoms with Crippen LogP contribution in [0.2, 0.25) is 0 Å². The first-order chi connectivity index (χ1) is 7.45. The molecule has 4 heteroatoms. The fourth-order valence-corrected chi connectivity index (χ4v) is 1.57. The minimum atomic E-state index is 0.839. The van der Waals surface area contributed by atoms with E-state index in [1.165, 1.54) is 0 Å². The molecule has 0 saturated heterocycles. The van der Waals surface area contributed by atoms with Crippen molar-refractivity contribution in [2.75, 3.05) is 0 Å². The van der Waals surface area contributed by atoms with Crippen molar-refractivity contribution < 1.29 is 0 Å². The van der Waals surface area contributed by atoms with Crippen molar-refractivity contribution in [3.63, 3.8) is 0 Å². The van der Waals surface area contributed by atoms with E-state index in [0.717, 1.165) is 22.3 Å². The topological polar surface area (TPSA) is 54.5 Å². The maximum absolute atomic E-state index is 4.32. The molecule has 1 N–H and O–H groups in total. The number of hydrogen-bond acceptors (Lipinski definition) is 3. The molecule has 3 aromatic heterocycles. The lowest BCUT2D eigenvalue weighted by Gasteiger charge is -1.99. The molecule has 72 valence electrons. The molecule has 0 aliphatic carbocycles. The molecule has 0 fully saturated rings. The number of pyridine rings is 2. The van der Waals surface area contributed by atoms with Gasteiger partial charge in [-0.3, -0.25) is 15.1 Å². The molecule has 3 aromatic rings. The standard InChI is InChI=1S/C11H8N4/c1-2-5-12-9(3-1)11-10-8(4-6-13-11)7-14-15-10/h1-7H,(H,14,15). The minimum absolute atomic E-state index is 0.839. The fraction of sp³-hybridized carbons (Fsp3) is 0. The molecule has 0 amide bonds. The average Bonchev–Trinajstić information content (AvgIpc) is 2.78. The second kappa shape index (κ2) is 3.16. The van der Waals surface area contributed by atoms with Crippen LogP contribution in [-0.4, -0.2) is 20.2 Å². The van der Waals surface area contributed by atoms with Crippen molar-refractivity contribution >= 4 is 10.9 Å². The SMILES string of the molecule is c1ccc(-c2nccc3cn[nH]c23)nc1. The Labute approximate surface area is 86.0 Å². The fourth-order valence-electron chi connectivity index (χ4n) is 1.57. The summed E-state index contributed by atoms with van der Waals surface area (Å²) in [6, 6.07) is 7.68. The highest BCUT2D eigenvalue weighted by Crippen LogP contribution is 2.21. The number of fused-ring (bicyclic) bond motifs is 1. The molecule has 0 spiro atoms. The highest BCUT2D eigenvalue weighted by atomic mass is 15.1. The van der Waals surface area contributed by atoms with Gasteiger partial charge in [0, 0.05) is 17.8 Å². The molecule has 0 saturated carbocycles. The number of aromatic nitrogens is 4. The summed E-state index contributed by atoms with van der Waals surface area (Å²) < 4.78 is 0. The first-order valence-electron chi connectivity index (χ1n) is 4.64. The molecule has 15 heavy (non-hydrogen) atoms. The van der Waals surface area contributed by atoms with Gasteiger partial charge in [-0.15, -0.1) is 0 Å². The van der Waals surface area contributed by atoms with E-state index in [-0.39, 0.29) is 0 Å². The minimum Gasteiger partial charge on any atom is -0.276 e. The van der Waals surface area contributed by atoms with Gasteiger partial charge >= 0.3 is 0 Å². The lowest BCUT2D eigenvalue weighted by atomic mass is 10.2. The summed E-state index contributed by atoms with van der Waals surface area (Å²) in [7, 11) is 0. The van der Waals surface area contributed by atoms with E-state index in [2.05, 4.69) is 20.2 Å². The molecule has 0 radical (unpaired) electrons. The van der Waals surface area contributed by atoms with Gasteiger partial charge in [-0.05, 0) is 18.2 Å². The van der Waals surface area contributed by atoms with Crippen LogP contribution in [0.15, 0.2) is 42.9 Å². The molecule has 3 heterocycles. The summed E-state index contributed by atoms with van der Waals surface area (Å²) in [5.74, 6) is 0. The molecule has 0 atom stereocenters. The Morgan fingerprint density at radius 3 is 2.87 bits per heavy atom. The van der Waals surface area contributed by atoms with Crippen LogP contribution in [-0.2, 0) is 0 Å². The summed E-state index contributed by atoms with van der Waals surface area (Å²) in [4.78, 5) is 8.58. The third-order valence-corrected chi connectivity index (χ3v) is 2.27. The zero-order chi connectivity index (χ0) is 10.1. The largest absolute Gasteiger partial charge is 0.276 e. The van der Waals surface area contributed by atoms with Crippen LogP contribution < -0.4 is 0 Å². The van der Waals surface area contributed by atoms with Crippen LogP contribution in [0, 0.1) is 0 Å². The van der Waals surface area contributed by atoms with Gasteiger partial charge in [-0.25, -0.2) is 0 Å². The maximum atomic E-state index is 4.32. The van der Waals surface area contributed by atoms with Crippen LogP contribution in [0.1, 0.15) is 0 Å². The van der Waals surface area contributed by atoms with E-state index in [1.807, 2.05) is 24.3 Å². The number of nitrogens with zero attached hydrogens (tertiary/aromatic N) is 3. The van der Waals surface area contributed by atoms with Crippen molar-refractivity contribution in [2.24, 2.45) is 0 Å². The van der Waals surface area contributed by atoms with E-state index < -0.39 is 0 Å². The van der Waals surface area contributed by atoms with Crippen LogP contribution >= 0.6 is 0 Å². The van der Waals surface area contributed by atoms with Crippen LogP contribution in [0.3, 0.4) is 0 Å². The quantitative estimate of drug-likeness (QED) is 0.647. The predicted molar refractivity (Wildman–Crippen MR) is 57.1 cm³/mol. The van der Waals surface area contributed by atoms with Gasteiger partial charge in [0.05, 0.1) is 17.4 Å². The van der Waals surface area contributed by atoms with E-state index in [1.54, 1.807) is 18.6 Å². The lowest BCUT2D eigenvalue weighted by molar-refractivity contribution is 1.11. The van der Waals surface area contributed by atoms with Crippen molar-refractivity contribution in [1.29, 1.82) is 0 Å². The molecule has 0 aliphatic rings. The average molecular weight is 196 g/mol. The number of hydrogen-bond donors (Lipinski definition) is 1.